The second-order valence-corrected chi connectivity index (χ2v) is 5.67. The van der Waals surface area contributed by atoms with Gasteiger partial charge in [0.1, 0.15) is 5.82 Å². The van der Waals surface area contributed by atoms with Gasteiger partial charge in [0.25, 0.3) is 5.91 Å². The largest absolute Gasteiger partial charge is 0.384 e. The summed E-state index contributed by atoms with van der Waals surface area (Å²) in [5, 5.41) is 3.83. The number of carbonyl (C=O) groups is 1. The topological polar surface area (TPSA) is 64.7 Å². The zero-order chi connectivity index (χ0) is 15.9. The van der Waals surface area contributed by atoms with Crippen LogP contribution in [0.5, 0.6) is 0 Å². The minimum Gasteiger partial charge on any atom is -0.384 e. The minimum atomic E-state index is -0.676. The summed E-state index contributed by atoms with van der Waals surface area (Å²) >= 11 is 0. The molecule has 1 amide bonds. The highest BCUT2D eigenvalue weighted by molar-refractivity contribution is 6.45. The Kier molecular flexibility index (Phi) is 3.20. The van der Waals surface area contributed by atoms with Gasteiger partial charge in [0, 0.05) is 11.1 Å². The molecule has 0 aromatic heterocycles. The Balaban J connectivity index is 2.14. The maximum atomic E-state index is 13.1. The van der Waals surface area contributed by atoms with Crippen molar-refractivity contribution in [3.8, 4) is 11.1 Å². The number of benzene rings is 2. The number of halogens is 1. The molecule has 1 aliphatic heterocycles. The molecular formula is C17H15FN2O2. The molecule has 2 aromatic rings. The maximum absolute atomic E-state index is 13.1. The molecule has 3 rings (SSSR count). The summed E-state index contributed by atoms with van der Waals surface area (Å²) in [4.78, 5) is 16.9. The summed E-state index contributed by atoms with van der Waals surface area (Å²) < 4.78 is 13.1. The van der Waals surface area contributed by atoms with Crippen LogP contribution in [-0.2, 0) is 15.2 Å². The lowest BCUT2D eigenvalue weighted by molar-refractivity contribution is -0.112. The van der Waals surface area contributed by atoms with Crippen molar-refractivity contribution in [2.24, 2.45) is 10.9 Å². The summed E-state index contributed by atoms with van der Waals surface area (Å²) in [7, 11) is 0. The fourth-order valence-electron chi connectivity index (χ4n) is 2.51. The van der Waals surface area contributed by atoms with Crippen LogP contribution in [0.4, 0.5) is 4.39 Å². The van der Waals surface area contributed by atoms with Crippen LogP contribution in [0.3, 0.4) is 0 Å². The molecule has 22 heavy (non-hydrogen) atoms. The van der Waals surface area contributed by atoms with E-state index in [1.54, 1.807) is 18.2 Å². The summed E-state index contributed by atoms with van der Waals surface area (Å²) in [6.45, 7) is 3.73. The minimum absolute atomic E-state index is 0.111. The molecule has 1 heterocycles. The highest BCUT2D eigenvalue weighted by Gasteiger charge is 2.33. The Labute approximate surface area is 127 Å². The molecule has 2 aromatic carbocycles. The molecule has 0 unspecified atom stereocenters. The lowest BCUT2D eigenvalue weighted by Gasteiger charge is -2.30. The number of oxime groups is 1. The zero-order valence-electron chi connectivity index (χ0n) is 12.3. The number of nitrogens with two attached hydrogens (primary N) is 1. The van der Waals surface area contributed by atoms with E-state index in [-0.39, 0.29) is 11.5 Å². The molecule has 1 aliphatic rings. The van der Waals surface area contributed by atoms with Crippen molar-refractivity contribution in [3.63, 3.8) is 0 Å². The first-order valence-electron chi connectivity index (χ1n) is 6.85. The van der Waals surface area contributed by atoms with E-state index < -0.39 is 11.5 Å². The number of amides is 1. The fourth-order valence-corrected chi connectivity index (χ4v) is 2.51. The molecule has 0 saturated heterocycles. The van der Waals surface area contributed by atoms with E-state index in [2.05, 4.69) is 5.16 Å². The van der Waals surface area contributed by atoms with E-state index in [0.29, 0.717) is 5.56 Å². The fraction of sp³-hybridized carbons (Fsp3) is 0.176. The first-order chi connectivity index (χ1) is 10.4. The normalized spacial score (nSPS) is 15.5. The third-order valence-corrected chi connectivity index (χ3v) is 3.70. The van der Waals surface area contributed by atoms with Gasteiger partial charge in [-0.05, 0) is 43.2 Å². The number of hydrogen-bond donors (Lipinski definition) is 1. The van der Waals surface area contributed by atoms with Crippen molar-refractivity contribution < 1.29 is 14.0 Å². The zero-order valence-corrected chi connectivity index (χ0v) is 12.3. The first-order valence-corrected chi connectivity index (χ1v) is 6.85. The summed E-state index contributed by atoms with van der Waals surface area (Å²) in [6, 6.07) is 11.8. The Morgan fingerprint density at radius 3 is 2.41 bits per heavy atom. The smallest absolute Gasteiger partial charge is 0.271 e. The van der Waals surface area contributed by atoms with Crippen molar-refractivity contribution in [1.29, 1.82) is 0 Å². The SMILES string of the molecule is CC1(C)ON=C(C(N)=O)c2ccc(-c3ccc(F)cc3)cc21. The van der Waals surface area contributed by atoms with Gasteiger partial charge in [0.15, 0.2) is 11.3 Å². The van der Waals surface area contributed by atoms with Gasteiger partial charge < -0.3 is 10.6 Å². The highest BCUT2D eigenvalue weighted by Crippen LogP contribution is 2.35. The van der Waals surface area contributed by atoms with Crippen LogP contribution in [0.2, 0.25) is 0 Å². The highest BCUT2D eigenvalue weighted by atomic mass is 19.1. The molecule has 0 bridgehead atoms. The lowest BCUT2D eigenvalue weighted by atomic mass is 9.87. The van der Waals surface area contributed by atoms with E-state index >= 15 is 0 Å². The molecule has 112 valence electrons. The van der Waals surface area contributed by atoms with Crippen molar-refractivity contribution in [2.45, 2.75) is 19.4 Å². The van der Waals surface area contributed by atoms with Gasteiger partial charge in [-0.15, -0.1) is 0 Å². The summed E-state index contributed by atoms with van der Waals surface area (Å²) in [5.74, 6) is -0.917. The number of nitrogens with zero attached hydrogens (tertiary/aromatic N) is 1. The Bertz CT molecular complexity index is 780. The van der Waals surface area contributed by atoms with Crippen LogP contribution >= 0.6 is 0 Å². The monoisotopic (exact) mass is 298 g/mol. The standard InChI is InChI=1S/C17H15FN2O2/c1-17(2)14-9-11(10-3-6-12(18)7-4-10)5-8-13(14)15(16(19)21)20-22-17/h3-9H,1-2H3,(H2,19,21). The second-order valence-electron chi connectivity index (χ2n) is 5.67. The van der Waals surface area contributed by atoms with E-state index in [9.17, 15) is 9.18 Å². The maximum Gasteiger partial charge on any atom is 0.271 e. The van der Waals surface area contributed by atoms with Crippen molar-refractivity contribution in [2.75, 3.05) is 0 Å². The van der Waals surface area contributed by atoms with Gasteiger partial charge >= 0.3 is 0 Å². The van der Waals surface area contributed by atoms with E-state index in [1.807, 2.05) is 26.0 Å². The Hall–Kier alpha value is -2.69. The van der Waals surface area contributed by atoms with Crippen LogP contribution in [0.1, 0.15) is 25.0 Å². The van der Waals surface area contributed by atoms with E-state index in [1.165, 1.54) is 12.1 Å². The second kappa shape index (κ2) is 4.94. The molecule has 4 nitrogen and oxygen atoms in total. The summed E-state index contributed by atoms with van der Waals surface area (Å²) in [6.07, 6.45) is 0. The Morgan fingerprint density at radius 2 is 1.77 bits per heavy atom. The van der Waals surface area contributed by atoms with Gasteiger partial charge in [-0.3, -0.25) is 4.79 Å². The lowest BCUT2D eigenvalue weighted by Crippen LogP contribution is -2.34. The van der Waals surface area contributed by atoms with E-state index in [0.717, 1.165) is 16.7 Å². The van der Waals surface area contributed by atoms with Gasteiger partial charge in [0.2, 0.25) is 0 Å². The predicted octanol–water partition coefficient (Wildman–Crippen LogP) is 2.95. The quantitative estimate of drug-likeness (QED) is 0.926. The molecule has 5 heteroatoms. The third-order valence-electron chi connectivity index (χ3n) is 3.70. The van der Waals surface area contributed by atoms with Crippen LogP contribution in [-0.4, -0.2) is 11.6 Å². The molecule has 0 fully saturated rings. The Morgan fingerprint density at radius 1 is 1.14 bits per heavy atom. The van der Waals surface area contributed by atoms with Crippen molar-refractivity contribution >= 4 is 11.6 Å². The van der Waals surface area contributed by atoms with Gasteiger partial charge in [-0.2, -0.15) is 0 Å². The number of primary amides is 1. The number of rotatable bonds is 2. The molecule has 0 aliphatic carbocycles. The number of fused-ring (bicyclic) bond motifs is 1. The molecule has 0 spiro atoms. The van der Waals surface area contributed by atoms with E-state index in [4.69, 9.17) is 10.6 Å². The van der Waals surface area contributed by atoms with Gasteiger partial charge in [0.05, 0.1) is 0 Å². The molecule has 0 atom stereocenters. The van der Waals surface area contributed by atoms with Crippen LogP contribution < -0.4 is 5.73 Å². The first kappa shape index (κ1) is 14.3. The molecule has 0 radical (unpaired) electrons. The predicted molar refractivity (Wildman–Crippen MR) is 81.7 cm³/mol. The number of hydrogen-bond acceptors (Lipinski definition) is 3. The molecule has 0 saturated carbocycles. The van der Waals surface area contributed by atoms with Crippen molar-refractivity contribution in [1.82, 2.24) is 0 Å². The van der Waals surface area contributed by atoms with Crippen LogP contribution in [0, 0.1) is 5.82 Å². The molecular weight excluding hydrogens is 283 g/mol. The average Bonchev–Trinajstić information content (AvgIpc) is 2.47. The van der Waals surface area contributed by atoms with Gasteiger partial charge in [-0.25, -0.2) is 4.39 Å². The third kappa shape index (κ3) is 2.35. The average molecular weight is 298 g/mol. The van der Waals surface area contributed by atoms with Gasteiger partial charge in [-0.1, -0.05) is 29.4 Å². The van der Waals surface area contributed by atoms with Crippen molar-refractivity contribution in [3.05, 3.63) is 59.4 Å². The molecule has 2 N–H and O–H groups in total. The number of carbonyl (C=O) groups excluding carboxylic acids is 1. The summed E-state index contributed by atoms with van der Waals surface area (Å²) in [5.41, 5.74) is 8.04. The van der Waals surface area contributed by atoms with Crippen LogP contribution in [0.25, 0.3) is 11.1 Å². The van der Waals surface area contributed by atoms with Crippen LogP contribution in [0.15, 0.2) is 47.6 Å².